The van der Waals surface area contributed by atoms with E-state index in [0.29, 0.717) is 37.5 Å². The van der Waals surface area contributed by atoms with Crippen molar-refractivity contribution in [3.63, 3.8) is 0 Å². The van der Waals surface area contributed by atoms with Gasteiger partial charge in [0.05, 0.1) is 19.8 Å². The molecule has 1 saturated heterocycles. The van der Waals surface area contributed by atoms with Crippen molar-refractivity contribution >= 4 is 29.1 Å². The Kier molecular flexibility index (Phi) is 10.4. The number of piperazine rings is 1. The van der Waals surface area contributed by atoms with Crippen molar-refractivity contribution in [2.45, 2.75) is 26.4 Å². The minimum atomic E-state index is -0.191. The molecule has 1 fully saturated rings. The molecule has 1 aliphatic rings. The maximum absolute atomic E-state index is 13.0. The van der Waals surface area contributed by atoms with Crippen LogP contribution in [0.4, 0.5) is 5.69 Å². The largest absolute Gasteiger partial charge is 0.497 e. The number of carbonyl (C=O) groups excluding carboxylic acids is 2. The van der Waals surface area contributed by atoms with E-state index < -0.39 is 0 Å². The van der Waals surface area contributed by atoms with Gasteiger partial charge in [-0.1, -0.05) is 12.1 Å². The first kappa shape index (κ1) is 27.0. The van der Waals surface area contributed by atoms with Gasteiger partial charge in [0.1, 0.15) is 11.6 Å². The standard InChI is InChI=1S/C27H36ClN3O4/c1-21(2)35-19-18-31(26(32)20-28)24-8-6-23(7-9-24)27(33)30-16-14-29(15-17-30)13-12-22-4-10-25(34-3)11-5-22/h4-11,21H,12-20H2,1-3H3. The summed E-state index contributed by atoms with van der Waals surface area (Å²) in [6.07, 6.45) is 1.06. The fourth-order valence-electron chi connectivity index (χ4n) is 4.07. The van der Waals surface area contributed by atoms with Crippen molar-refractivity contribution in [3.8, 4) is 5.75 Å². The summed E-state index contributed by atoms with van der Waals surface area (Å²) in [7, 11) is 1.67. The van der Waals surface area contributed by atoms with Crippen molar-refractivity contribution in [1.82, 2.24) is 9.80 Å². The Balaban J connectivity index is 1.50. The smallest absolute Gasteiger partial charge is 0.253 e. The average Bonchev–Trinajstić information content (AvgIpc) is 2.89. The Labute approximate surface area is 213 Å². The molecule has 0 bridgehead atoms. The molecule has 8 heteroatoms. The molecule has 0 N–H and O–H groups in total. The molecule has 0 saturated carbocycles. The molecule has 0 aromatic heterocycles. The molecule has 0 aliphatic carbocycles. The number of hydrogen-bond donors (Lipinski definition) is 0. The highest BCUT2D eigenvalue weighted by Gasteiger charge is 2.22. The van der Waals surface area contributed by atoms with Crippen LogP contribution in [0.3, 0.4) is 0 Å². The lowest BCUT2D eigenvalue weighted by Crippen LogP contribution is -2.49. The van der Waals surface area contributed by atoms with Crippen molar-refractivity contribution in [3.05, 3.63) is 59.7 Å². The zero-order valence-electron chi connectivity index (χ0n) is 20.9. The molecule has 2 aromatic carbocycles. The second-order valence-corrected chi connectivity index (χ2v) is 9.14. The van der Waals surface area contributed by atoms with E-state index >= 15 is 0 Å². The number of nitrogens with zero attached hydrogens (tertiary/aromatic N) is 3. The van der Waals surface area contributed by atoms with Gasteiger partial charge in [-0.05, 0) is 62.2 Å². The number of ether oxygens (including phenoxy) is 2. The summed E-state index contributed by atoms with van der Waals surface area (Å²) in [5.74, 6) is 0.589. The summed E-state index contributed by atoms with van der Waals surface area (Å²) in [6.45, 7) is 8.82. The summed E-state index contributed by atoms with van der Waals surface area (Å²) >= 11 is 5.80. The van der Waals surface area contributed by atoms with Crippen LogP contribution in [-0.2, 0) is 16.0 Å². The first-order chi connectivity index (χ1) is 16.9. The summed E-state index contributed by atoms with van der Waals surface area (Å²) in [4.78, 5) is 31.2. The Morgan fingerprint density at radius 1 is 1.00 bits per heavy atom. The fraction of sp³-hybridized carbons (Fsp3) is 0.481. The number of amides is 2. The van der Waals surface area contributed by atoms with Crippen molar-refractivity contribution < 1.29 is 19.1 Å². The van der Waals surface area contributed by atoms with Crippen molar-refractivity contribution in [1.29, 1.82) is 0 Å². The minimum absolute atomic E-state index is 0.0183. The van der Waals surface area contributed by atoms with Crippen LogP contribution in [-0.4, -0.2) is 86.6 Å². The number of rotatable bonds is 11. The van der Waals surface area contributed by atoms with E-state index in [1.807, 2.05) is 30.9 Å². The summed E-state index contributed by atoms with van der Waals surface area (Å²) in [5.41, 5.74) is 2.61. The van der Waals surface area contributed by atoms with Gasteiger partial charge in [0.25, 0.3) is 5.91 Å². The lowest BCUT2D eigenvalue weighted by Gasteiger charge is -2.35. The van der Waals surface area contributed by atoms with Gasteiger partial charge in [0.2, 0.25) is 5.91 Å². The Bertz CT molecular complexity index is 942. The van der Waals surface area contributed by atoms with E-state index in [1.54, 1.807) is 36.3 Å². The number of alkyl halides is 1. The van der Waals surface area contributed by atoms with E-state index in [9.17, 15) is 9.59 Å². The van der Waals surface area contributed by atoms with E-state index in [2.05, 4.69) is 17.0 Å². The SMILES string of the molecule is COc1ccc(CCN2CCN(C(=O)c3ccc(N(CCOC(C)C)C(=O)CCl)cc3)CC2)cc1. The molecule has 1 heterocycles. The quantitative estimate of drug-likeness (QED) is 0.439. The molecular weight excluding hydrogens is 466 g/mol. The third-order valence-corrected chi connectivity index (χ3v) is 6.37. The highest BCUT2D eigenvalue weighted by atomic mass is 35.5. The number of benzene rings is 2. The van der Waals surface area contributed by atoms with Crippen LogP contribution >= 0.6 is 11.6 Å². The van der Waals surface area contributed by atoms with Gasteiger partial charge in [-0.3, -0.25) is 14.5 Å². The lowest BCUT2D eigenvalue weighted by molar-refractivity contribution is -0.116. The van der Waals surface area contributed by atoms with Gasteiger partial charge < -0.3 is 19.3 Å². The molecule has 0 radical (unpaired) electrons. The van der Waals surface area contributed by atoms with Gasteiger partial charge >= 0.3 is 0 Å². The third-order valence-electron chi connectivity index (χ3n) is 6.14. The molecular formula is C27H36ClN3O4. The Morgan fingerprint density at radius 3 is 2.23 bits per heavy atom. The van der Waals surface area contributed by atoms with Crippen LogP contribution in [0.2, 0.25) is 0 Å². The van der Waals surface area contributed by atoms with Gasteiger partial charge in [-0.2, -0.15) is 0 Å². The molecule has 2 aromatic rings. The lowest BCUT2D eigenvalue weighted by atomic mass is 10.1. The monoisotopic (exact) mass is 501 g/mol. The fourth-order valence-corrected chi connectivity index (χ4v) is 4.21. The Hall–Kier alpha value is -2.61. The summed E-state index contributed by atoms with van der Waals surface area (Å²) in [5, 5.41) is 0. The van der Waals surface area contributed by atoms with Crippen LogP contribution in [0.15, 0.2) is 48.5 Å². The predicted molar refractivity (Wildman–Crippen MR) is 140 cm³/mol. The average molecular weight is 502 g/mol. The zero-order valence-corrected chi connectivity index (χ0v) is 21.7. The molecule has 1 aliphatic heterocycles. The molecule has 7 nitrogen and oxygen atoms in total. The van der Waals surface area contributed by atoms with Crippen molar-refractivity contribution in [2.24, 2.45) is 0 Å². The van der Waals surface area contributed by atoms with E-state index in [-0.39, 0.29) is 23.8 Å². The second kappa shape index (κ2) is 13.5. The molecule has 2 amide bonds. The molecule has 0 unspecified atom stereocenters. The number of carbonyl (C=O) groups is 2. The summed E-state index contributed by atoms with van der Waals surface area (Å²) in [6, 6.07) is 15.3. The molecule has 3 rings (SSSR count). The highest BCUT2D eigenvalue weighted by Crippen LogP contribution is 2.18. The van der Waals surface area contributed by atoms with Crippen LogP contribution in [0, 0.1) is 0 Å². The van der Waals surface area contributed by atoms with Crippen molar-refractivity contribution in [2.75, 3.05) is 63.8 Å². The van der Waals surface area contributed by atoms with Crippen LogP contribution in [0.1, 0.15) is 29.8 Å². The maximum atomic E-state index is 13.0. The third kappa shape index (κ3) is 7.95. The number of methoxy groups -OCH3 is 1. The first-order valence-corrected chi connectivity index (χ1v) is 12.7. The number of anilines is 1. The van der Waals surface area contributed by atoms with Crippen LogP contribution in [0.5, 0.6) is 5.75 Å². The number of halogens is 1. The highest BCUT2D eigenvalue weighted by molar-refractivity contribution is 6.29. The van der Waals surface area contributed by atoms with Crippen LogP contribution in [0.25, 0.3) is 0 Å². The van der Waals surface area contributed by atoms with Gasteiger partial charge in [0.15, 0.2) is 0 Å². The van der Waals surface area contributed by atoms with E-state index in [4.69, 9.17) is 21.1 Å². The van der Waals surface area contributed by atoms with Crippen LogP contribution < -0.4 is 9.64 Å². The number of hydrogen-bond acceptors (Lipinski definition) is 5. The molecule has 35 heavy (non-hydrogen) atoms. The molecule has 0 atom stereocenters. The second-order valence-electron chi connectivity index (χ2n) is 8.88. The molecule has 190 valence electrons. The normalized spacial score (nSPS) is 14.3. The zero-order chi connectivity index (χ0) is 25.2. The molecule has 0 spiro atoms. The minimum Gasteiger partial charge on any atom is -0.497 e. The van der Waals surface area contributed by atoms with Gasteiger partial charge in [-0.15, -0.1) is 11.6 Å². The predicted octanol–water partition coefficient (Wildman–Crippen LogP) is 3.69. The van der Waals surface area contributed by atoms with Gasteiger partial charge in [0, 0.05) is 50.5 Å². The Morgan fingerprint density at radius 2 is 1.66 bits per heavy atom. The van der Waals surface area contributed by atoms with Gasteiger partial charge in [-0.25, -0.2) is 0 Å². The van der Waals surface area contributed by atoms with E-state index in [1.165, 1.54) is 5.56 Å². The first-order valence-electron chi connectivity index (χ1n) is 12.1. The summed E-state index contributed by atoms with van der Waals surface area (Å²) < 4.78 is 10.8. The maximum Gasteiger partial charge on any atom is 0.253 e. The topological polar surface area (TPSA) is 62.3 Å². The van der Waals surface area contributed by atoms with E-state index in [0.717, 1.165) is 31.8 Å².